The number of sulfonamides is 1. The quantitative estimate of drug-likeness (QED) is 0.330. The third-order valence-corrected chi connectivity index (χ3v) is 13.1. The molecule has 1 aromatic carbocycles. The minimum atomic E-state index is -3.59. The maximum Gasteiger partial charge on any atom is 0.323 e. The first-order chi connectivity index (χ1) is 18.7. The molecule has 4 aliphatic carbocycles. The van der Waals surface area contributed by atoms with Crippen LogP contribution < -0.4 is 0 Å². The molecule has 1 aromatic rings. The van der Waals surface area contributed by atoms with Crippen LogP contribution in [0.15, 0.2) is 30.3 Å². The van der Waals surface area contributed by atoms with E-state index in [-0.39, 0.29) is 23.3 Å². The Morgan fingerprint density at radius 3 is 2.13 bits per heavy atom. The highest BCUT2D eigenvalue weighted by molar-refractivity contribution is 7.89. The molecular weight excluding hydrogens is 508 g/mol. The first kappa shape index (κ1) is 28.6. The predicted molar refractivity (Wildman–Crippen MR) is 152 cm³/mol. The minimum Gasteiger partial charge on any atom is -0.461 e. The molecule has 4 fully saturated rings. The van der Waals surface area contributed by atoms with Gasteiger partial charge in [-0.1, -0.05) is 82.7 Å². The van der Waals surface area contributed by atoms with Gasteiger partial charge in [-0.05, 0) is 68.3 Å². The summed E-state index contributed by atoms with van der Waals surface area (Å²) in [4.78, 5) is 13.4. The molecule has 214 valence electrons. The lowest BCUT2D eigenvalue weighted by Gasteiger charge is -2.46. The Bertz CT molecular complexity index is 1130. The summed E-state index contributed by atoms with van der Waals surface area (Å²) in [6.07, 6.45) is 12.8. The Labute approximate surface area is 235 Å². The van der Waals surface area contributed by atoms with E-state index in [1.54, 1.807) is 0 Å². The van der Waals surface area contributed by atoms with Crippen LogP contribution in [0.3, 0.4) is 0 Å². The van der Waals surface area contributed by atoms with Gasteiger partial charge >= 0.3 is 5.97 Å². The fourth-order valence-corrected chi connectivity index (χ4v) is 11.4. The number of nitrogens with zero attached hydrogens (tertiary/aromatic N) is 2. The zero-order chi connectivity index (χ0) is 27.7. The van der Waals surface area contributed by atoms with Crippen LogP contribution in [0.1, 0.15) is 103 Å². The monoisotopic (exact) mass is 554 g/mol. The van der Waals surface area contributed by atoms with Crippen LogP contribution in [0.2, 0.25) is 0 Å². The average molecular weight is 555 g/mol. The molecule has 2 bridgehead atoms. The van der Waals surface area contributed by atoms with Crippen LogP contribution >= 0.6 is 0 Å². The topological polar surface area (TPSA) is 87.5 Å². The third-order valence-electron chi connectivity index (χ3n) is 11.0. The molecule has 0 N–H and O–H groups in total. The second kappa shape index (κ2) is 11.5. The molecule has 6 nitrogen and oxygen atoms in total. The average Bonchev–Trinajstić information content (AvgIpc) is 3.28. The normalized spacial score (nSPS) is 30.2. The molecule has 0 spiro atoms. The fourth-order valence-electron chi connectivity index (χ4n) is 8.58. The van der Waals surface area contributed by atoms with Crippen molar-refractivity contribution >= 4 is 16.0 Å². The summed E-state index contributed by atoms with van der Waals surface area (Å²) in [5, 5.41) is 9.82. The van der Waals surface area contributed by atoms with Crippen molar-refractivity contribution in [2.75, 3.05) is 5.75 Å². The van der Waals surface area contributed by atoms with E-state index >= 15 is 0 Å². The van der Waals surface area contributed by atoms with Crippen molar-refractivity contribution in [1.29, 1.82) is 5.26 Å². The highest BCUT2D eigenvalue weighted by Gasteiger charge is 2.67. The van der Waals surface area contributed by atoms with Crippen molar-refractivity contribution in [1.82, 2.24) is 4.31 Å². The summed E-state index contributed by atoms with van der Waals surface area (Å²) in [5.74, 6) is -1.05. The van der Waals surface area contributed by atoms with E-state index in [1.165, 1.54) is 12.8 Å². The molecule has 5 rings (SSSR count). The molecule has 4 saturated carbocycles. The maximum atomic E-state index is 14.6. The van der Waals surface area contributed by atoms with Crippen molar-refractivity contribution in [2.24, 2.45) is 22.7 Å². The number of rotatable bonds is 9. The van der Waals surface area contributed by atoms with E-state index in [4.69, 9.17) is 4.74 Å². The van der Waals surface area contributed by atoms with Crippen molar-refractivity contribution in [3.05, 3.63) is 35.9 Å². The zero-order valence-corrected chi connectivity index (χ0v) is 24.6. The summed E-state index contributed by atoms with van der Waals surface area (Å²) in [6, 6.07) is 11.9. The number of benzene rings is 1. The predicted octanol–water partition coefficient (Wildman–Crippen LogP) is 6.40. The second-order valence-electron chi connectivity index (χ2n) is 13.3. The highest BCUT2D eigenvalue weighted by atomic mass is 32.2. The molecule has 0 amide bonds. The summed E-state index contributed by atoms with van der Waals surface area (Å²) < 4.78 is 37.3. The van der Waals surface area contributed by atoms with Gasteiger partial charge in [0.25, 0.3) is 0 Å². The standard InChI is InChI=1S/C32H46N2O4S/c1-31(2)26-18-19-32(31,29(21-26)38-30(35)25(22-33)20-24-12-6-3-7-13-24)23-39(36,37)34(27-14-8-4-9-15-27)28-16-10-5-11-17-28/h3,6-7,12-13,25-29H,4-5,8-11,14-21,23H2,1-2H3/t25-,26-,29-,32-/m1/s1. The second-order valence-corrected chi connectivity index (χ2v) is 15.2. The summed E-state index contributed by atoms with van der Waals surface area (Å²) >= 11 is 0. The number of hydrogen-bond acceptors (Lipinski definition) is 5. The molecule has 4 atom stereocenters. The van der Waals surface area contributed by atoms with Crippen molar-refractivity contribution in [3.63, 3.8) is 0 Å². The summed E-state index contributed by atoms with van der Waals surface area (Å²) in [7, 11) is -3.59. The molecule has 0 saturated heterocycles. The van der Waals surface area contributed by atoms with Crippen LogP contribution in [0.4, 0.5) is 0 Å². The Morgan fingerprint density at radius 1 is 1.00 bits per heavy atom. The van der Waals surface area contributed by atoms with E-state index in [0.29, 0.717) is 18.8 Å². The van der Waals surface area contributed by atoms with E-state index in [0.717, 1.165) is 69.8 Å². The summed E-state index contributed by atoms with van der Waals surface area (Å²) in [6.45, 7) is 4.37. The lowest BCUT2D eigenvalue weighted by molar-refractivity contribution is -0.159. The molecule has 0 aliphatic heterocycles. The minimum absolute atomic E-state index is 0.0460. The van der Waals surface area contributed by atoms with Gasteiger partial charge in [0.2, 0.25) is 10.0 Å². The lowest BCUT2D eigenvalue weighted by Crippen LogP contribution is -2.54. The number of esters is 1. The van der Waals surface area contributed by atoms with Gasteiger partial charge in [-0.3, -0.25) is 4.79 Å². The molecule has 0 radical (unpaired) electrons. The smallest absolute Gasteiger partial charge is 0.323 e. The van der Waals surface area contributed by atoms with Crippen LogP contribution in [-0.4, -0.2) is 42.6 Å². The van der Waals surface area contributed by atoms with E-state index < -0.39 is 33.4 Å². The van der Waals surface area contributed by atoms with E-state index in [2.05, 4.69) is 19.9 Å². The van der Waals surface area contributed by atoms with E-state index in [9.17, 15) is 18.5 Å². The zero-order valence-electron chi connectivity index (χ0n) is 23.8. The molecule has 0 aromatic heterocycles. The van der Waals surface area contributed by atoms with Crippen LogP contribution in [0.25, 0.3) is 0 Å². The van der Waals surface area contributed by atoms with Gasteiger partial charge in [-0.25, -0.2) is 8.42 Å². The van der Waals surface area contributed by atoms with Crippen molar-refractivity contribution in [3.8, 4) is 6.07 Å². The number of fused-ring (bicyclic) bond motifs is 2. The number of nitriles is 1. The van der Waals surface area contributed by atoms with Gasteiger partial charge in [0.15, 0.2) is 0 Å². The van der Waals surface area contributed by atoms with Gasteiger partial charge in [0.05, 0.1) is 11.8 Å². The first-order valence-electron chi connectivity index (χ1n) is 15.3. The molecular formula is C32H46N2O4S. The molecule has 39 heavy (non-hydrogen) atoms. The van der Waals surface area contributed by atoms with Crippen LogP contribution in [-0.2, 0) is 26.0 Å². The molecule has 4 aliphatic rings. The fraction of sp³-hybridized carbons (Fsp3) is 0.750. The molecule has 7 heteroatoms. The van der Waals surface area contributed by atoms with Gasteiger partial charge < -0.3 is 4.74 Å². The first-order valence-corrected chi connectivity index (χ1v) is 16.9. The molecule has 0 unspecified atom stereocenters. The van der Waals surface area contributed by atoms with Crippen LogP contribution in [0.5, 0.6) is 0 Å². The van der Waals surface area contributed by atoms with Gasteiger partial charge in [0, 0.05) is 17.5 Å². The SMILES string of the molecule is CC1(C)[C@@H]2CC[C@@]1(CS(=O)(=O)N(C1CCCCC1)C1CCCCC1)[C@H](OC(=O)[C@@H](C#N)Cc1ccccc1)C2. The Balaban J connectivity index is 1.40. The molecule has 0 heterocycles. The van der Waals surface area contributed by atoms with E-state index in [1.807, 2.05) is 34.6 Å². The van der Waals surface area contributed by atoms with Gasteiger partial charge in [-0.15, -0.1) is 0 Å². The Kier molecular flexibility index (Phi) is 8.46. The third kappa shape index (κ3) is 5.53. The van der Waals surface area contributed by atoms with Crippen molar-refractivity contribution < 1.29 is 17.9 Å². The van der Waals surface area contributed by atoms with Gasteiger partial charge in [0.1, 0.15) is 12.0 Å². The number of hydrogen-bond donors (Lipinski definition) is 0. The van der Waals surface area contributed by atoms with Crippen LogP contribution in [0, 0.1) is 34.0 Å². The van der Waals surface area contributed by atoms with Gasteiger partial charge in [-0.2, -0.15) is 9.57 Å². The highest BCUT2D eigenvalue weighted by Crippen LogP contribution is 2.67. The maximum absolute atomic E-state index is 14.6. The Hall–Kier alpha value is -1.91. The Morgan fingerprint density at radius 2 is 1.59 bits per heavy atom. The number of carbonyl (C=O) groups is 1. The summed E-state index contributed by atoms with van der Waals surface area (Å²) in [5.41, 5.74) is 0.0416. The van der Waals surface area contributed by atoms with Crippen molar-refractivity contribution in [2.45, 2.75) is 122 Å². The largest absolute Gasteiger partial charge is 0.461 e. The lowest BCUT2D eigenvalue weighted by atomic mass is 9.69. The number of ether oxygens (including phenoxy) is 1. The number of carbonyl (C=O) groups excluding carboxylic acids is 1.